The molecule has 0 unspecified atom stereocenters. The largest absolute Gasteiger partial charge is 0.346 e. The molecular weight excluding hydrogens is 328 g/mol. The van der Waals surface area contributed by atoms with E-state index in [1.165, 1.54) is 22.3 Å². The number of rotatable bonds is 1. The predicted molar refractivity (Wildman–Crippen MR) is 86.4 cm³/mol. The maximum absolute atomic E-state index is 5.63. The Morgan fingerprint density at radius 2 is 1.57 bits per heavy atom. The van der Waals surface area contributed by atoms with E-state index in [2.05, 4.69) is 66.2 Å². The maximum Gasteiger partial charge on any atom is 0.184 e. The lowest BCUT2D eigenvalue weighted by molar-refractivity contribution is -0.0441. The van der Waals surface area contributed by atoms with E-state index in [9.17, 15) is 0 Å². The topological polar surface area (TPSA) is 18.5 Å². The second kappa shape index (κ2) is 4.67. The standard InChI is InChI=1S/C18H17BrO2/c1-18(2)15-9-11(17-20-7-8-21-17)3-5-13(15)14-6-4-12(19)10-16(14)18/h3-6,9-10,17H,7-8H2,1-2H3. The van der Waals surface area contributed by atoms with E-state index in [0.29, 0.717) is 13.2 Å². The van der Waals surface area contributed by atoms with Gasteiger partial charge in [0.2, 0.25) is 0 Å². The van der Waals surface area contributed by atoms with Crippen molar-refractivity contribution in [2.75, 3.05) is 13.2 Å². The van der Waals surface area contributed by atoms with E-state index < -0.39 is 0 Å². The molecule has 3 heteroatoms. The number of benzene rings is 2. The molecular formula is C18H17BrO2. The number of hydrogen-bond donors (Lipinski definition) is 0. The molecule has 21 heavy (non-hydrogen) atoms. The van der Waals surface area contributed by atoms with Crippen LogP contribution in [0, 0.1) is 0 Å². The minimum absolute atomic E-state index is 0.00304. The Labute approximate surface area is 133 Å². The molecule has 1 fully saturated rings. The van der Waals surface area contributed by atoms with Crippen LogP contribution in [0.5, 0.6) is 0 Å². The molecule has 1 heterocycles. The van der Waals surface area contributed by atoms with E-state index in [-0.39, 0.29) is 11.7 Å². The molecule has 2 nitrogen and oxygen atoms in total. The molecule has 1 aliphatic carbocycles. The van der Waals surface area contributed by atoms with Gasteiger partial charge < -0.3 is 9.47 Å². The molecule has 1 saturated heterocycles. The van der Waals surface area contributed by atoms with Crippen molar-refractivity contribution in [3.8, 4) is 11.1 Å². The van der Waals surface area contributed by atoms with Crippen LogP contribution in [0.25, 0.3) is 11.1 Å². The van der Waals surface area contributed by atoms with Crippen molar-refractivity contribution in [1.29, 1.82) is 0 Å². The number of hydrogen-bond acceptors (Lipinski definition) is 2. The van der Waals surface area contributed by atoms with Gasteiger partial charge in [-0.3, -0.25) is 0 Å². The normalized spacial score (nSPS) is 19.6. The molecule has 0 amide bonds. The van der Waals surface area contributed by atoms with Gasteiger partial charge in [0.05, 0.1) is 13.2 Å². The van der Waals surface area contributed by atoms with Crippen molar-refractivity contribution in [1.82, 2.24) is 0 Å². The molecule has 0 radical (unpaired) electrons. The van der Waals surface area contributed by atoms with Crippen LogP contribution >= 0.6 is 15.9 Å². The van der Waals surface area contributed by atoms with Crippen LogP contribution in [0.1, 0.15) is 36.8 Å². The predicted octanol–water partition coefficient (Wildman–Crippen LogP) is 4.80. The second-order valence-corrected chi connectivity index (χ2v) is 7.11. The molecule has 0 bridgehead atoms. The van der Waals surface area contributed by atoms with Crippen molar-refractivity contribution in [2.45, 2.75) is 25.6 Å². The Kier molecular flexibility index (Phi) is 3.00. The van der Waals surface area contributed by atoms with Crippen molar-refractivity contribution < 1.29 is 9.47 Å². The maximum atomic E-state index is 5.63. The highest BCUT2D eigenvalue weighted by atomic mass is 79.9. The minimum atomic E-state index is -0.207. The Balaban J connectivity index is 1.87. The smallest absolute Gasteiger partial charge is 0.184 e. The van der Waals surface area contributed by atoms with Crippen molar-refractivity contribution in [3.63, 3.8) is 0 Å². The van der Waals surface area contributed by atoms with Crippen molar-refractivity contribution >= 4 is 15.9 Å². The Morgan fingerprint density at radius 3 is 2.29 bits per heavy atom. The van der Waals surface area contributed by atoms with Crippen molar-refractivity contribution in [2.24, 2.45) is 0 Å². The number of ether oxygens (including phenoxy) is 2. The van der Waals surface area contributed by atoms with E-state index in [1.807, 2.05) is 0 Å². The summed E-state index contributed by atoms with van der Waals surface area (Å²) in [5.74, 6) is 0. The van der Waals surface area contributed by atoms with Gasteiger partial charge in [0.15, 0.2) is 6.29 Å². The summed E-state index contributed by atoms with van der Waals surface area (Å²) in [7, 11) is 0. The van der Waals surface area contributed by atoms with Gasteiger partial charge in [-0.2, -0.15) is 0 Å². The highest BCUT2D eigenvalue weighted by Crippen LogP contribution is 2.50. The van der Waals surface area contributed by atoms with E-state index >= 15 is 0 Å². The molecule has 0 aromatic heterocycles. The number of halogens is 1. The van der Waals surface area contributed by atoms with Gasteiger partial charge in [-0.15, -0.1) is 0 Å². The average molecular weight is 345 g/mol. The summed E-state index contributed by atoms with van der Waals surface area (Å²) < 4.78 is 12.4. The highest BCUT2D eigenvalue weighted by molar-refractivity contribution is 9.10. The number of fused-ring (bicyclic) bond motifs is 3. The van der Waals surface area contributed by atoms with Gasteiger partial charge in [0.1, 0.15) is 0 Å². The van der Waals surface area contributed by atoms with Crippen LogP contribution in [0.2, 0.25) is 0 Å². The summed E-state index contributed by atoms with van der Waals surface area (Å²) in [5, 5.41) is 0. The molecule has 108 valence electrons. The first-order valence-electron chi connectivity index (χ1n) is 7.25. The molecule has 2 aromatic carbocycles. The SMILES string of the molecule is CC1(C)c2cc(Br)ccc2-c2ccc(C3OCCO3)cc21. The molecule has 2 aliphatic rings. The third kappa shape index (κ3) is 1.99. The van der Waals surface area contributed by atoms with Crippen LogP contribution in [-0.4, -0.2) is 13.2 Å². The summed E-state index contributed by atoms with van der Waals surface area (Å²) in [6.07, 6.45) is -0.207. The van der Waals surface area contributed by atoms with Gasteiger partial charge >= 0.3 is 0 Å². The van der Waals surface area contributed by atoms with Crippen LogP contribution in [0.15, 0.2) is 40.9 Å². The summed E-state index contributed by atoms with van der Waals surface area (Å²) in [6.45, 7) is 5.92. The van der Waals surface area contributed by atoms with Gasteiger partial charge in [0, 0.05) is 15.5 Å². The quantitative estimate of drug-likeness (QED) is 0.739. The molecule has 0 saturated carbocycles. The monoisotopic (exact) mass is 344 g/mol. The van der Waals surface area contributed by atoms with E-state index in [1.54, 1.807) is 0 Å². The molecule has 1 aliphatic heterocycles. The van der Waals surface area contributed by atoms with Crippen LogP contribution in [0.4, 0.5) is 0 Å². The minimum Gasteiger partial charge on any atom is -0.346 e. The van der Waals surface area contributed by atoms with Gasteiger partial charge in [-0.05, 0) is 40.5 Å². The summed E-state index contributed by atoms with van der Waals surface area (Å²) in [4.78, 5) is 0. The zero-order chi connectivity index (χ0) is 14.6. The molecule has 0 N–H and O–H groups in total. The first-order valence-corrected chi connectivity index (χ1v) is 8.05. The third-order valence-corrected chi connectivity index (χ3v) is 5.05. The Hall–Kier alpha value is -1.16. The fraction of sp³-hybridized carbons (Fsp3) is 0.333. The molecule has 0 atom stereocenters. The van der Waals surface area contributed by atoms with E-state index in [0.717, 1.165) is 10.0 Å². The van der Waals surface area contributed by atoms with Crippen molar-refractivity contribution in [3.05, 3.63) is 57.6 Å². The first kappa shape index (κ1) is 13.5. The fourth-order valence-corrected chi connectivity index (χ4v) is 3.79. The molecule has 0 spiro atoms. The first-order chi connectivity index (χ1) is 10.1. The summed E-state index contributed by atoms with van der Waals surface area (Å²) in [6, 6.07) is 13.1. The van der Waals surface area contributed by atoms with Crippen LogP contribution in [-0.2, 0) is 14.9 Å². The van der Waals surface area contributed by atoms with Gasteiger partial charge in [-0.1, -0.05) is 48.0 Å². The average Bonchev–Trinajstić information content (AvgIpc) is 3.06. The summed E-state index contributed by atoms with van der Waals surface area (Å²) >= 11 is 3.59. The Morgan fingerprint density at radius 1 is 0.952 bits per heavy atom. The zero-order valence-corrected chi connectivity index (χ0v) is 13.7. The van der Waals surface area contributed by atoms with Gasteiger partial charge in [0.25, 0.3) is 0 Å². The van der Waals surface area contributed by atoms with E-state index in [4.69, 9.17) is 9.47 Å². The lowest BCUT2D eigenvalue weighted by Crippen LogP contribution is -2.15. The van der Waals surface area contributed by atoms with Crippen LogP contribution in [0.3, 0.4) is 0 Å². The molecule has 2 aromatic rings. The Bertz CT molecular complexity index is 715. The molecule has 4 rings (SSSR count). The van der Waals surface area contributed by atoms with Gasteiger partial charge in [-0.25, -0.2) is 0 Å². The summed E-state index contributed by atoms with van der Waals surface area (Å²) in [5.41, 5.74) is 6.50. The fourth-order valence-electron chi connectivity index (χ4n) is 3.42. The third-order valence-electron chi connectivity index (χ3n) is 4.56. The zero-order valence-electron chi connectivity index (χ0n) is 12.2. The lowest BCUT2D eigenvalue weighted by atomic mass is 9.82. The lowest BCUT2D eigenvalue weighted by Gasteiger charge is -2.22. The highest BCUT2D eigenvalue weighted by Gasteiger charge is 2.36. The second-order valence-electron chi connectivity index (χ2n) is 6.19. The van der Waals surface area contributed by atoms with Crippen LogP contribution < -0.4 is 0 Å².